The first-order chi connectivity index (χ1) is 9.50. The van der Waals surface area contributed by atoms with Gasteiger partial charge in [0, 0.05) is 30.0 Å². The van der Waals surface area contributed by atoms with Crippen LogP contribution in [-0.2, 0) is 4.74 Å². The number of hydrogen-bond donors (Lipinski definition) is 1. The van der Waals surface area contributed by atoms with E-state index in [9.17, 15) is 4.39 Å². The van der Waals surface area contributed by atoms with Gasteiger partial charge >= 0.3 is 0 Å². The van der Waals surface area contributed by atoms with E-state index in [0.717, 1.165) is 12.2 Å². The van der Waals surface area contributed by atoms with Crippen molar-refractivity contribution in [3.63, 3.8) is 0 Å². The predicted octanol–water partition coefficient (Wildman–Crippen LogP) is 3.68. The highest BCUT2D eigenvalue weighted by Crippen LogP contribution is 2.51. The first-order valence-corrected chi connectivity index (χ1v) is 7.63. The van der Waals surface area contributed by atoms with Gasteiger partial charge in [-0.3, -0.25) is 0 Å². The van der Waals surface area contributed by atoms with Crippen LogP contribution in [0.3, 0.4) is 0 Å². The van der Waals surface area contributed by atoms with Crippen molar-refractivity contribution in [1.29, 1.82) is 0 Å². The van der Waals surface area contributed by atoms with E-state index >= 15 is 0 Å². The highest BCUT2D eigenvalue weighted by atomic mass is 19.1. The summed E-state index contributed by atoms with van der Waals surface area (Å²) in [5.74, 6) is 0.451. The SMILES string of the molecule is C[C@H](NC1C2CCCOC2C1(C)C)c1ccc(F)cc1. The topological polar surface area (TPSA) is 21.3 Å². The van der Waals surface area contributed by atoms with Crippen molar-refractivity contribution in [3.8, 4) is 0 Å². The number of nitrogens with one attached hydrogen (secondary N) is 1. The Hall–Kier alpha value is -0.930. The molecule has 1 saturated carbocycles. The second-order valence-corrected chi connectivity index (χ2v) is 6.84. The number of rotatable bonds is 3. The second kappa shape index (κ2) is 5.12. The predicted molar refractivity (Wildman–Crippen MR) is 78.0 cm³/mol. The zero-order valence-corrected chi connectivity index (χ0v) is 12.5. The van der Waals surface area contributed by atoms with E-state index in [1.54, 1.807) is 0 Å². The van der Waals surface area contributed by atoms with Gasteiger partial charge in [0.2, 0.25) is 0 Å². The average molecular weight is 277 g/mol. The molecule has 4 atom stereocenters. The third kappa shape index (κ3) is 2.27. The summed E-state index contributed by atoms with van der Waals surface area (Å²) in [4.78, 5) is 0. The molecule has 0 aromatic heterocycles. The molecule has 1 N–H and O–H groups in total. The minimum Gasteiger partial charge on any atom is -0.377 e. The van der Waals surface area contributed by atoms with Crippen molar-refractivity contribution >= 4 is 0 Å². The van der Waals surface area contributed by atoms with Crippen LogP contribution in [0.1, 0.15) is 45.2 Å². The number of ether oxygens (including phenoxy) is 1. The molecule has 20 heavy (non-hydrogen) atoms. The first-order valence-electron chi connectivity index (χ1n) is 7.63. The smallest absolute Gasteiger partial charge is 0.123 e. The summed E-state index contributed by atoms with van der Waals surface area (Å²) in [6, 6.07) is 7.52. The zero-order chi connectivity index (χ0) is 14.3. The van der Waals surface area contributed by atoms with E-state index in [1.165, 1.54) is 25.0 Å². The Kier molecular flexibility index (Phi) is 3.59. The molecule has 1 aromatic carbocycles. The van der Waals surface area contributed by atoms with Crippen LogP contribution in [0.2, 0.25) is 0 Å². The molecule has 110 valence electrons. The van der Waals surface area contributed by atoms with Gasteiger partial charge in [-0.15, -0.1) is 0 Å². The van der Waals surface area contributed by atoms with E-state index in [2.05, 4.69) is 26.1 Å². The van der Waals surface area contributed by atoms with Crippen LogP contribution in [0.4, 0.5) is 4.39 Å². The summed E-state index contributed by atoms with van der Waals surface area (Å²) in [6.45, 7) is 7.63. The molecule has 0 spiro atoms. The maximum Gasteiger partial charge on any atom is 0.123 e. The summed E-state index contributed by atoms with van der Waals surface area (Å²) in [7, 11) is 0. The van der Waals surface area contributed by atoms with Crippen molar-refractivity contribution in [2.45, 2.75) is 51.8 Å². The summed E-state index contributed by atoms with van der Waals surface area (Å²) < 4.78 is 18.9. The number of fused-ring (bicyclic) bond motifs is 1. The first kappa shape index (κ1) is 14.0. The Labute approximate surface area is 120 Å². The lowest BCUT2D eigenvalue weighted by molar-refractivity contribution is -0.194. The molecule has 2 aliphatic rings. The molecule has 1 heterocycles. The van der Waals surface area contributed by atoms with E-state index in [1.807, 2.05) is 12.1 Å². The van der Waals surface area contributed by atoms with Crippen LogP contribution in [-0.4, -0.2) is 18.8 Å². The number of benzene rings is 1. The minimum absolute atomic E-state index is 0.175. The fraction of sp³-hybridized carbons (Fsp3) is 0.647. The van der Waals surface area contributed by atoms with Crippen LogP contribution in [0.15, 0.2) is 24.3 Å². The van der Waals surface area contributed by atoms with Gasteiger partial charge in [0.15, 0.2) is 0 Å². The number of hydrogen-bond acceptors (Lipinski definition) is 2. The van der Waals surface area contributed by atoms with Crippen LogP contribution in [0.25, 0.3) is 0 Å². The van der Waals surface area contributed by atoms with Gasteiger partial charge in [0.05, 0.1) is 6.10 Å². The Morgan fingerprint density at radius 3 is 2.70 bits per heavy atom. The average Bonchev–Trinajstić information content (AvgIpc) is 2.45. The van der Waals surface area contributed by atoms with Crippen molar-refractivity contribution in [3.05, 3.63) is 35.6 Å². The maximum atomic E-state index is 13.0. The second-order valence-electron chi connectivity index (χ2n) is 6.84. The van der Waals surface area contributed by atoms with E-state index in [4.69, 9.17) is 4.74 Å². The maximum absolute atomic E-state index is 13.0. The van der Waals surface area contributed by atoms with Gasteiger partial charge in [-0.2, -0.15) is 0 Å². The molecule has 3 rings (SSSR count). The third-order valence-electron chi connectivity index (χ3n) is 5.13. The molecular formula is C17H24FNO. The molecule has 2 fully saturated rings. The summed E-state index contributed by atoms with van der Waals surface area (Å²) in [6.07, 6.45) is 2.82. The molecule has 3 unspecified atom stereocenters. The third-order valence-corrected chi connectivity index (χ3v) is 5.13. The van der Waals surface area contributed by atoms with Crippen LogP contribution < -0.4 is 5.32 Å². The number of halogens is 1. The van der Waals surface area contributed by atoms with Crippen LogP contribution in [0.5, 0.6) is 0 Å². The quantitative estimate of drug-likeness (QED) is 0.910. The molecule has 1 aromatic rings. The molecular weight excluding hydrogens is 253 g/mol. The summed E-state index contributed by atoms with van der Waals surface area (Å²) in [5, 5.41) is 3.74. The molecule has 1 saturated heterocycles. The van der Waals surface area contributed by atoms with E-state index < -0.39 is 0 Å². The molecule has 0 amide bonds. The lowest BCUT2D eigenvalue weighted by Gasteiger charge is -2.60. The fourth-order valence-corrected chi connectivity index (χ4v) is 3.98. The van der Waals surface area contributed by atoms with Crippen molar-refractivity contribution in [2.24, 2.45) is 11.3 Å². The van der Waals surface area contributed by atoms with Crippen LogP contribution >= 0.6 is 0 Å². The standard InChI is InChI=1S/C17H24FNO/c1-11(12-6-8-13(18)9-7-12)19-15-14-5-4-10-20-16(14)17(15,2)3/h6-9,11,14-16,19H,4-5,10H2,1-3H3/t11-,14?,15?,16?/m0/s1. The molecule has 1 aliphatic carbocycles. The molecule has 2 nitrogen and oxygen atoms in total. The lowest BCUT2D eigenvalue weighted by Crippen LogP contribution is -2.69. The normalized spacial score (nSPS) is 33.1. The van der Waals surface area contributed by atoms with Gasteiger partial charge in [0.1, 0.15) is 5.82 Å². The van der Waals surface area contributed by atoms with Gasteiger partial charge in [-0.05, 0) is 37.5 Å². The summed E-state index contributed by atoms with van der Waals surface area (Å²) in [5.41, 5.74) is 1.32. The molecule has 0 bridgehead atoms. The lowest BCUT2D eigenvalue weighted by atomic mass is 9.55. The van der Waals surface area contributed by atoms with Gasteiger partial charge in [0.25, 0.3) is 0 Å². The van der Waals surface area contributed by atoms with Crippen molar-refractivity contribution in [1.82, 2.24) is 5.32 Å². The largest absolute Gasteiger partial charge is 0.377 e. The highest BCUT2D eigenvalue weighted by molar-refractivity contribution is 5.21. The molecule has 1 aliphatic heterocycles. The van der Waals surface area contributed by atoms with E-state index in [-0.39, 0.29) is 17.3 Å². The minimum atomic E-state index is -0.175. The van der Waals surface area contributed by atoms with Crippen molar-refractivity contribution < 1.29 is 9.13 Å². The highest BCUT2D eigenvalue weighted by Gasteiger charge is 2.57. The van der Waals surface area contributed by atoms with Crippen molar-refractivity contribution in [2.75, 3.05) is 6.61 Å². The Morgan fingerprint density at radius 1 is 1.30 bits per heavy atom. The fourth-order valence-electron chi connectivity index (χ4n) is 3.98. The monoisotopic (exact) mass is 277 g/mol. The van der Waals surface area contributed by atoms with Gasteiger partial charge in [-0.1, -0.05) is 26.0 Å². The zero-order valence-electron chi connectivity index (χ0n) is 12.5. The summed E-state index contributed by atoms with van der Waals surface area (Å²) >= 11 is 0. The Balaban J connectivity index is 1.69. The van der Waals surface area contributed by atoms with E-state index in [0.29, 0.717) is 18.1 Å². The van der Waals surface area contributed by atoms with Crippen LogP contribution in [0, 0.1) is 17.2 Å². The Bertz CT molecular complexity index is 470. The molecule has 0 radical (unpaired) electrons. The van der Waals surface area contributed by atoms with Gasteiger partial charge < -0.3 is 10.1 Å². The van der Waals surface area contributed by atoms with Gasteiger partial charge in [-0.25, -0.2) is 4.39 Å². The molecule has 3 heteroatoms. The Morgan fingerprint density at radius 2 is 2.00 bits per heavy atom.